The lowest BCUT2D eigenvalue weighted by atomic mass is 10.3. The molecule has 0 amide bonds. The van der Waals surface area contributed by atoms with E-state index in [9.17, 15) is 0 Å². The van der Waals surface area contributed by atoms with E-state index >= 15 is 0 Å². The highest BCUT2D eigenvalue weighted by Gasteiger charge is 2.17. The van der Waals surface area contributed by atoms with E-state index in [-0.39, 0.29) is 0 Å². The minimum Gasteiger partial charge on any atom is -0.345 e. The van der Waals surface area contributed by atoms with E-state index in [1.54, 1.807) is 15.2 Å². The van der Waals surface area contributed by atoms with Crippen molar-refractivity contribution in [3.8, 4) is 11.4 Å². The lowest BCUT2D eigenvalue weighted by Gasteiger charge is -2.23. The van der Waals surface area contributed by atoms with Gasteiger partial charge in [-0.1, -0.05) is 0 Å². The summed E-state index contributed by atoms with van der Waals surface area (Å²) in [5.41, 5.74) is 3.08. The van der Waals surface area contributed by atoms with E-state index in [0.717, 1.165) is 34.3 Å². The molecule has 4 aromatic heterocycles. The fourth-order valence-electron chi connectivity index (χ4n) is 3.14. The van der Waals surface area contributed by atoms with Crippen LogP contribution in [0.1, 0.15) is 0 Å². The third kappa shape index (κ3) is 2.18. The lowest BCUT2D eigenvalue weighted by Crippen LogP contribution is -2.23. The molecular formula is C18H13N9. The van der Waals surface area contributed by atoms with Crippen LogP contribution in [0.4, 0.5) is 5.82 Å². The van der Waals surface area contributed by atoms with Gasteiger partial charge in [0.15, 0.2) is 17.1 Å². The van der Waals surface area contributed by atoms with E-state index in [4.69, 9.17) is 0 Å². The van der Waals surface area contributed by atoms with Crippen molar-refractivity contribution >= 4 is 17.1 Å². The van der Waals surface area contributed by atoms with Crippen LogP contribution in [-0.2, 0) is 0 Å². The van der Waals surface area contributed by atoms with Gasteiger partial charge in [0.2, 0.25) is 0 Å². The molecule has 6 rings (SSSR count). The molecule has 6 heterocycles. The van der Waals surface area contributed by atoms with Crippen molar-refractivity contribution in [2.75, 3.05) is 4.90 Å². The molecule has 0 aliphatic carbocycles. The number of rotatable bonds is 2. The minimum atomic E-state index is 0.761. The van der Waals surface area contributed by atoms with Gasteiger partial charge in [-0.25, -0.2) is 19.0 Å². The highest BCUT2D eigenvalue weighted by molar-refractivity contribution is 5.62. The summed E-state index contributed by atoms with van der Waals surface area (Å²) in [6.45, 7) is 0. The van der Waals surface area contributed by atoms with E-state index in [1.807, 2.05) is 77.5 Å². The summed E-state index contributed by atoms with van der Waals surface area (Å²) in [6, 6.07) is 7.62. The molecule has 4 aromatic rings. The average molecular weight is 355 g/mol. The van der Waals surface area contributed by atoms with Gasteiger partial charge in [0.25, 0.3) is 0 Å². The van der Waals surface area contributed by atoms with Gasteiger partial charge in [0, 0.05) is 43.3 Å². The maximum absolute atomic E-state index is 4.66. The molecule has 0 saturated heterocycles. The number of nitrogens with one attached hydrogen (secondary N) is 1. The van der Waals surface area contributed by atoms with Gasteiger partial charge in [-0.05, 0) is 18.2 Å². The van der Waals surface area contributed by atoms with E-state index in [1.165, 1.54) is 0 Å². The SMILES string of the molecule is C1=CN2C=CN(c3cn4nc(-c5cc6ncccn6n5)ccc4n3)C=C2N1. The maximum Gasteiger partial charge on any atom is 0.157 e. The maximum atomic E-state index is 4.66. The van der Waals surface area contributed by atoms with Crippen molar-refractivity contribution in [1.29, 1.82) is 0 Å². The molecule has 0 fully saturated rings. The van der Waals surface area contributed by atoms with Crippen LogP contribution in [0.15, 0.2) is 79.7 Å². The quantitative estimate of drug-likeness (QED) is 0.588. The fraction of sp³-hybridized carbons (Fsp3) is 0. The summed E-state index contributed by atoms with van der Waals surface area (Å²) >= 11 is 0. The van der Waals surface area contributed by atoms with Crippen LogP contribution in [0.25, 0.3) is 22.7 Å². The Bertz CT molecular complexity index is 1240. The summed E-state index contributed by atoms with van der Waals surface area (Å²) < 4.78 is 3.50. The van der Waals surface area contributed by atoms with Crippen molar-refractivity contribution in [3.05, 3.63) is 79.7 Å². The zero-order valence-electron chi connectivity index (χ0n) is 14.0. The van der Waals surface area contributed by atoms with Gasteiger partial charge in [-0.3, -0.25) is 0 Å². The second-order valence-corrected chi connectivity index (χ2v) is 6.16. The molecule has 2 aliphatic rings. The largest absolute Gasteiger partial charge is 0.345 e. The molecule has 0 atom stereocenters. The Balaban J connectivity index is 1.39. The van der Waals surface area contributed by atoms with E-state index < -0.39 is 0 Å². The summed E-state index contributed by atoms with van der Waals surface area (Å²) in [5, 5.41) is 12.4. The first-order chi connectivity index (χ1) is 13.3. The lowest BCUT2D eigenvalue weighted by molar-refractivity contribution is 0.610. The molecule has 130 valence electrons. The zero-order valence-corrected chi connectivity index (χ0v) is 14.0. The number of nitrogens with zero attached hydrogens (tertiary/aromatic N) is 8. The van der Waals surface area contributed by atoms with Gasteiger partial charge in [0.1, 0.15) is 17.2 Å². The average Bonchev–Trinajstić information content (AvgIpc) is 3.42. The number of anilines is 1. The molecule has 0 aromatic carbocycles. The van der Waals surface area contributed by atoms with E-state index in [2.05, 4.69) is 25.5 Å². The fourth-order valence-corrected chi connectivity index (χ4v) is 3.14. The topological polar surface area (TPSA) is 78.9 Å². The molecule has 2 aliphatic heterocycles. The highest BCUT2D eigenvalue weighted by Crippen LogP contribution is 2.23. The van der Waals surface area contributed by atoms with Gasteiger partial charge < -0.3 is 15.1 Å². The first kappa shape index (κ1) is 14.1. The van der Waals surface area contributed by atoms with Crippen LogP contribution in [0.5, 0.6) is 0 Å². The molecule has 0 bridgehead atoms. The van der Waals surface area contributed by atoms with Crippen LogP contribution in [0.3, 0.4) is 0 Å². The van der Waals surface area contributed by atoms with Crippen LogP contribution in [0.2, 0.25) is 0 Å². The van der Waals surface area contributed by atoms with Crippen molar-refractivity contribution in [1.82, 2.24) is 39.4 Å². The number of fused-ring (bicyclic) bond motifs is 3. The molecule has 0 unspecified atom stereocenters. The summed E-state index contributed by atoms with van der Waals surface area (Å²) in [6.07, 6.45) is 15.3. The Labute approximate surface area is 153 Å². The van der Waals surface area contributed by atoms with Crippen LogP contribution >= 0.6 is 0 Å². The van der Waals surface area contributed by atoms with Gasteiger partial charge in [-0.15, -0.1) is 0 Å². The standard InChI is InChI=1S/C18H13N9/c1-4-19-16-10-14(23-26(16)6-1)13-2-3-15-21-18(12-27(15)22-13)25-9-8-24-7-5-20-17(24)11-25/h1-12,20H. The van der Waals surface area contributed by atoms with Gasteiger partial charge in [-0.2, -0.15) is 10.2 Å². The van der Waals surface area contributed by atoms with Crippen molar-refractivity contribution in [2.45, 2.75) is 0 Å². The molecule has 9 nitrogen and oxygen atoms in total. The van der Waals surface area contributed by atoms with E-state index in [0.29, 0.717) is 0 Å². The zero-order chi connectivity index (χ0) is 17.8. The molecule has 1 N–H and O–H groups in total. The Morgan fingerprint density at radius 1 is 0.889 bits per heavy atom. The number of hydrogen-bond acceptors (Lipinski definition) is 7. The summed E-state index contributed by atoms with van der Waals surface area (Å²) in [4.78, 5) is 12.9. The van der Waals surface area contributed by atoms with Crippen LogP contribution < -0.4 is 10.2 Å². The first-order valence-electron chi connectivity index (χ1n) is 8.41. The number of hydrogen-bond donors (Lipinski definition) is 1. The molecule has 9 heteroatoms. The van der Waals surface area contributed by atoms with Crippen molar-refractivity contribution in [3.63, 3.8) is 0 Å². The minimum absolute atomic E-state index is 0.761. The molecule has 0 radical (unpaired) electrons. The Morgan fingerprint density at radius 2 is 1.81 bits per heavy atom. The Kier molecular flexibility index (Phi) is 2.70. The molecule has 27 heavy (non-hydrogen) atoms. The Morgan fingerprint density at radius 3 is 2.78 bits per heavy atom. The molecular weight excluding hydrogens is 342 g/mol. The second kappa shape index (κ2) is 5.18. The normalized spacial score (nSPS) is 15.5. The second-order valence-electron chi connectivity index (χ2n) is 6.16. The smallest absolute Gasteiger partial charge is 0.157 e. The monoisotopic (exact) mass is 355 g/mol. The predicted molar refractivity (Wildman–Crippen MR) is 98.8 cm³/mol. The number of imidazole rings is 1. The van der Waals surface area contributed by atoms with Crippen LogP contribution in [-0.4, -0.2) is 34.1 Å². The Hall–Kier alpha value is -4.14. The third-order valence-corrected chi connectivity index (χ3v) is 4.46. The van der Waals surface area contributed by atoms with Gasteiger partial charge in [0.05, 0.1) is 12.4 Å². The van der Waals surface area contributed by atoms with Crippen molar-refractivity contribution < 1.29 is 0 Å². The highest BCUT2D eigenvalue weighted by atomic mass is 15.3. The predicted octanol–water partition coefficient (Wildman–Crippen LogP) is 1.91. The molecule has 0 spiro atoms. The van der Waals surface area contributed by atoms with Crippen LogP contribution in [0, 0.1) is 0 Å². The number of aromatic nitrogens is 6. The summed E-state index contributed by atoms with van der Waals surface area (Å²) in [5.74, 6) is 1.76. The summed E-state index contributed by atoms with van der Waals surface area (Å²) in [7, 11) is 0. The third-order valence-electron chi connectivity index (χ3n) is 4.46. The first-order valence-corrected chi connectivity index (χ1v) is 8.41. The molecule has 0 saturated carbocycles. The van der Waals surface area contributed by atoms with Crippen molar-refractivity contribution in [2.24, 2.45) is 0 Å². The van der Waals surface area contributed by atoms with Gasteiger partial charge >= 0.3 is 0 Å².